The van der Waals surface area contributed by atoms with Crippen LogP contribution >= 0.6 is 0 Å². The van der Waals surface area contributed by atoms with Crippen LogP contribution in [0.25, 0.3) is 33.0 Å². The second-order valence-corrected chi connectivity index (χ2v) is 10.3. The van der Waals surface area contributed by atoms with Crippen LogP contribution in [0, 0.1) is 11.8 Å². The zero-order valence-electron chi connectivity index (χ0n) is 20.1. The molecule has 2 N–H and O–H groups in total. The second-order valence-electron chi connectivity index (χ2n) is 10.3. The van der Waals surface area contributed by atoms with E-state index in [-0.39, 0.29) is 5.56 Å². The molecule has 0 spiro atoms. The smallest absolute Gasteiger partial charge is 0.416 e. The Bertz CT molecular complexity index is 1460. The number of carboxylic acid groups (broad SMARTS) is 1. The quantitative estimate of drug-likeness (QED) is 0.303. The number of halogens is 3. The lowest BCUT2D eigenvalue weighted by Gasteiger charge is -2.15. The minimum absolute atomic E-state index is 0.173. The summed E-state index contributed by atoms with van der Waals surface area (Å²) in [6, 6.07) is 22.5. The maximum absolute atomic E-state index is 13.0. The van der Waals surface area contributed by atoms with E-state index in [1.165, 1.54) is 30.5 Å². The molecular weight excluding hydrogens is 475 g/mol. The molecule has 0 bridgehead atoms. The van der Waals surface area contributed by atoms with E-state index in [2.05, 4.69) is 29.6 Å². The molecule has 0 aromatic heterocycles. The second kappa shape index (κ2) is 9.03. The van der Waals surface area contributed by atoms with E-state index < -0.39 is 17.7 Å². The number of fused-ring (bicyclic) bond motifs is 2. The minimum atomic E-state index is -4.39. The molecule has 6 rings (SSSR count). The highest BCUT2D eigenvalue weighted by Crippen LogP contribution is 2.44. The van der Waals surface area contributed by atoms with Crippen molar-refractivity contribution in [2.24, 2.45) is 11.8 Å². The van der Waals surface area contributed by atoms with Gasteiger partial charge >= 0.3 is 12.1 Å². The summed E-state index contributed by atoms with van der Waals surface area (Å²) in [4.78, 5) is 11.9. The van der Waals surface area contributed by atoms with E-state index in [4.69, 9.17) is 0 Å². The van der Waals surface area contributed by atoms with Crippen molar-refractivity contribution in [3.63, 3.8) is 0 Å². The Morgan fingerprint density at radius 2 is 1.41 bits per heavy atom. The fraction of sp³-hybridized carbons (Fsp3) is 0.258. The Balaban J connectivity index is 1.35. The maximum Gasteiger partial charge on any atom is 0.416 e. The molecule has 2 aliphatic rings. The number of alkyl halides is 3. The van der Waals surface area contributed by atoms with Gasteiger partial charge in [-0.1, -0.05) is 48.5 Å². The zero-order chi connectivity index (χ0) is 25.7. The molecule has 4 aromatic carbocycles. The van der Waals surface area contributed by atoms with Gasteiger partial charge in [0.25, 0.3) is 0 Å². The van der Waals surface area contributed by atoms with Crippen molar-refractivity contribution in [1.82, 2.24) is 5.32 Å². The molecule has 0 amide bonds. The van der Waals surface area contributed by atoms with E-state index in [0.29, 0.717) is 11.5 Å². The van der Waals surface area contributed by atoms with Gasteiger partial charge in [-0.25, -0.2) is 4.79 Å². The average Bonchev–Trinajstić information content (AvgIpc) is 3.50. The topological polar surface area (TPSA) is 49.3 Å². The Kier molecular flexibility index (Phi) is 5.80. The molecule has 6 heteroatoms. The number of carbonyl (C=O) groups is 1. The summed E-state index contributed by atoms with van der Waals surface area (Å²) < 4.78 is 38.9. The van der Waals surface area contributed by atoms with E-state index in [0.717, 1.165) is 64.5 Å². The average molecular weight is 502 g/mol. The molecule has 3 nitrogen and oxygen atoms in total. The number of benzene rings is 4. The van der Waals surface area contributed by atoms with Crippen LogP contribution in [0.15, 0.2) is 78.9 Å². The van der Waals surface area contributed by atoms with Crippen LogP contribution < -0.4 is 5.32 Å². The maximum atomic E-state index is 13.0. The summed E-state index contributed by atoms with van der Waals surface area (Å²) in [6.07, 6.45) is -1.97. The van der Waals surface area contributed by atoms with E-state index in [1.54, 1.807) is 12.1 Å². The van der Waals surface area contributed by atoms with Crippen LogP contribution in [0.2, 0.25) is 0 Å². The molecule has 0 radical (unpaired) electrons. The third-order valence-electron chi connectivity index (χ3n) is 8.09. The molecule has 0 unspecified atom stereocenters. The fourth-order valence-corrected chi connectivity index (χ4v) is 6.14. The van der Waals surface area contributed by atoms with E-state index in [9.17, 15) is 23.1 Å². The Morgan fingerprint density at radius 3 is 2.03 bits per heavy atom. The van der Waals surface area contributed by atoms with Crippen molar-refractivity contribution in [2.75, 3.05) is 13.1 Å². The molecular formula is C31H26F3NO2. The van der Waals surface area contributed by atoms with Crippen LogP contribution in [0.3, 0.4) is 0 Å². The zero-order valence-corrected chi connectivity index (χ0v) is 20.1. The normalized spacial score (nSPS) is 19.9. The molecule has 2 atom stereocenters. The molecule has 1 saturated heterocycles. The number of aromatic carboxylic acids is 1. The van der Waals surface area contributed by atoms with Crippen LogP contribution in [0.4, 0.5) is 13.2 Å². The Labute approximate surface area is 213 Å². The first-order valence-electron chi connectivity index (χ1n) is 12.6. The van der Waals surface area contributed by atoms with Crippen molar-refractivity contribution < 1.29 is 23.1 Å². The number of hydrogen-bond donors (Lipinski definition) is 2. The summed E-state index contributed by atoms with van der Waals surface area (Å²) in [5.41, 5.74) is 3.94. The summed E-state index contributed by atoms with van der Waals surface area (Å²) in [7, 11) is 0. The Hall–Kier alpha value is -3.64. The van der Waals surface area contributed by atoms with Gasteiger partial charge in [-0.3, -0.25) is 0 Å². The van der Waals surface area contributed by atoms with Crippen LogP contribution in [0.1, 0.15) is 40.2 Å². The highest BCUT2D eigenvalue weighted by Gasteiger charge is 2.37. The summed E-state index contributed by atoms with van der Waals surface area (Å²) in [5.74, 6) is 1.07. The van der Waals surface area contributed by atoms with Gasteiger partial charge in [0.1, 0.15) is 0 Å². The third-order valence-corrected chi connectivity index (χ3v) is 8.09. The highest BCUT2D eigenvalue weighted by molar-refractivity contribution is 6.04. The van der Waals surface area contributed by atoms with Gasteiger partial charge in [0.05, 0.1) is 11.1 Å². The van der Waals surface area contributed by atoms with Gasteiger partial charge in [0.2, 0.25) is 0 Å². The van der Waals surface area contributed by atoms with Gasteiger partial charge in [0.15, 0.2) is 0 Å². The first-order valence-corrected chi connectivity index (χ1v) is 12.6. The van der Waals surface area contributed by atoms with Gasteiger partial charge in [-0.15, -0.1) is 0 Å². The lowest BCUT2D eigenvalue weighted by Crippen LogP contribution is -2.11. The first-order chi connectivity index (χ1) is 17.8. The predicted molar refractivity (Wildman–Crippen MR) is 139 cm³/mol. The van der Waals surface area contributed by atoms with Crippen LogP contribution in [-0.2, 0) is 6.18 Å². The SMILES string of the molecule is O=C(O)c1cc(-c2ccc(C3C[C@H]4CNC[C@@H]4C3)cc2)c2ccc(-c3ccc(C(F)(F)F)cc3)cc2c1. The summed E-state index contributed by atoms with van der Waals surface area (Å²) >= 11 is 0. The number of carboxylic acids is 1. The van der Waals surface area contributed by atoms with E-state index >= 15 is 0 Å². The number of nitrogens with one attached hydrogen (secondary N) is 1. The highest BCUT2D eigenvalue weighted by atomic mass is 19.4. The van der Waals surface area contributed by atoms with Crippen molar-refractivity contribution in [1.29, 1.82) is 0 Å². The number of hydrogen-bond acceptors (Lipinski definition) is 2. The predicted octanol–water partition coefficient (Wildman–Crippen LogP) is 7.60. The van der Waals surface area contributed by atoms with Crippen molar-refractivity contribution >= 4 is 16.7 Å². The van der Waals surface area contributed by atoms with Crippen molar-refractivity contribution in [2.45, 2.75) is 24.9 Å². The standard InChI is InChI=1S/C31H26F3NO2/c32-31(33,34)27-8-5-18(6-9-27)21-7-10-28-23(11-21)14-24(30(36)37)15-29(28)20-3-1-19(2-4-20)22-12-25-16-35-17-26(25)13-22/h1-11,14-15,22,25-26,35H,12-13,16-17H2,(H,36,37)/t25-,26-/m0/s1. The summed E-state index contributed by atoms with van der Waals surface area (Å²) in [6.45, 7) is 2.23. The van der Waals surface area contributed by atoms with Crippen LogP contribution in [0.5, 0.6) is 0 Å². The van der Waals surface area contributed by atoms with Gasteiger partial charge < -0.3 is 10.4 Å². The fourth-order valence-electron chi connectivity index (χ4n) is 6.14. The van der Waals surface area contributed by atoms with Gasteiger partial charge in [-0.2, -0.15) is 13.2 Å². The van der Waals surface area contributed by atoms with Gasteiger partial charge in [0, 0.05) is 0 Å². The van der Waals surface area contributed by atoms with Crippen molar-refractivity contribution in [3.8, 4) is 22.3 Å². The lowest BCUT2D eigenvalue weighted by atomic mass is 9.90. The monoisotopic (exact) mass is 501 g/mol. The molecule has 1 heterocycles. The summed E-state index contributed by atoms with van der Waals surface area (Å²) in [5, 5.41) is 14.9. The largest absolute Gasteiger partial charge is 0.478 e. The molecule has 188 valence electrons. The van der Waals surface area contributed by atoms with E-state index in [1.807, 2.05) is 18.2 Å². The Morgan fingerprint density at radius 1 is 0.784 bits per heavy atom. The van der Waals surface area contributed by atoms with Crippen LogP contribution in [-0.4, -0.2) is 24.2 Å². The lowest BCUT2D eigenvalue weighted by molar-refractivity contribution is -0.137. The molecule has 1 saturated carbocycles. The molecule has 2 fully saturated rings. The molecule has 37 heavy (non-hydrogen) atoms. The number of rotatable bonds is 4. The van der Waals surface area contributed by atoms with Crippen molar-refractivity contribution in [3.05, 3.63) is 95.6 Å². The third kappa shape index (κ3) is 4.51. The minimum Gasteiger partial charge on any atom is -0.478 e. The van der Waals surface area contributed by atoms with Gasteiger partial charge in [-0.05, 0) is 113 Å². The molecule has 1 aliphatic heterocycles. The molecule has 1 aliphatic carbocycles. The molecule has 4 aromatic rings. The first kappa shape index (κ1) is 23.7.